The van der Waals surface area contributed by atoms with Gasteiger partial charge in [-0.05, 0) is 38.1 Å². The Labute approximate surface area is 120 Å². The molecule has 4 nitrogen and oxygen atoms in total. The number of hydrogen-bond acceptors (Lipinski definition) is 4. The molecule has 0 aliphatic rings. The standard InChI is InChI=1S/C15H14N2O2S/c1-10(2)19-12-5-3-11(4-6-12)14-13(9-18)17-7-8-20-15(17)16-14/h3-10H,1-2H3. The lowest BCUT2D eigenvalue weighted by atomic mass is 10.1. The average Bonchev–Trinajstić information content (AvgIpc) is 2.98. The molecule has 3 aromatic rings. The number of rotatable bonds is 4. The number of nitrogens with zero attached hydrogens (tertiary/aromatic N) is 2. The van der Waals surface area contributed by atoms with E-state index in [0.29, 0.717) is 11.4 Å². The zero-order chi connectivity index (χ0) is 14.1. The summed E-state index contributed by atoms with van der Waals surface area (Å²) in [6.07, 6.45) is 2.85. The number of fused-ring (bicyclic) bond motifs is 1. The zero-order valence-electron chi connectivity index (χ0n) is 11.2. The van der Waals surface area contributed by atoms with E-state index in [9.17, 15) is 4.79 Å². The fraction of sp³-hybridized carbons (Fsp3) is 0.200. The number of hydrogen-bond donors (Lipinski definition) is 0. The summed E-state index contributed by atoms with van der Waals surface area (Å²) in [6.45, 7) is 3.98. The second-order valence-electron chi connectivity index (χ2n) is 4.71. The van der Waals surface area contributed by atoms with Gasteiger partial charge in [-0.1, -0.05) is 0 Å². The van der Waals surface area contributed by atoms with Crippen LogP contribution in [0.25, 0.3) is 16.2 Å². The Bertz CT molecular complexity index is 741. The van der Waals surface area contributed by atoms with Crippen LogP contribution >= 0.6 is 11.3 Å². The van der Waals surface area contributed by atoms with E-state index >= 15 is 0 Å². The lowest BCUT2D eigenvalue weighted by molar-refractivity contribution is 0.111. The van der Waals surface area contributed by atoms with Crippen molar-refractivity contribution in [2.75, 3.05) is 0 Å². The molecule has 0 radical (unpaired) electrons. The number of aldehydes is 1. The molecule has 2 aromatic heterocycles. The van der Waals surface area contributed by atoms with Gasteiger partial charge in [0.15, 0.2) is 11.2 Å². The maximum atomic E-state index is 11.3. The number of imidazole rings is 1. The second kappa shape index (κ2) is 5.09. The minimum Gasteiger partial charge on any atom is -0.491 e. The molecule has 5 heteroatoms. The van der Waals surface area contributed by atoms with Gasteiger partial charge in [0.25, 0.3) is 0 Å². The third-order valence-corrected chi connectivity index (χ3v) is 3.67. The second-order valence-corrected chi connectivity index (χ2v) is 5.58. The van der Waals surface area contributed by atoms with Crippen molar-refractivity contribution in [1.82, 2.24) is 9.38 Å². The first-order valence-electron chi connectivity index (χ1n) is 6.37. The Morgan fingerprint density at radius 1 is 1.30 bits per heavy atom. The lowest BCUT2D eigenvalue weighted by Gasteiger charge is -2.09. The minimum absolute atomic E-state index is 0.143. The maximum Gasteiger partial charge on any atom is 0.194 e. The summed E-state index contributed by atoms with van der Waals surface area (Å²) >= 11 is 1.51. The predicted octanol–water partition coefficient (Wildman–Crippen LogP) is 3.66. The van der Waals surface area contributed by atoms with Crippen molar-refractivity contribution < 1.29 is 9.53 Å². The number of carbonyl (C=O) groups is 1. The van der Waals surface area contributed by atoms with Gasteiger partial charge < -0.3 is 4.74 Å². The van der Waals surface area contributed by atoms with Gasteiger partial charge in [0.1, 0.15) is 17.1 Å². The van der Waals surface area contributed by atoms with E-state index in [-0.39, 0.29) is 6.10 Å². The lowest BCUT2D eigenvalue weighted by Crippen LogP contribution is -2.05. The van der Waals surface area contributed by atoms with Crippen LogP contribution in [0.1, 0.15) is 24.3 Å². The van der Waals surface area contributed by atoms with Gasteiger partial charge in [0.2, 0.25) is 0 Å². The van der Waals surface area contributed by atoms with Crippen LogP contribution in [0, 0.1) is 0 Å². The molecule has 0 spiro atoms. The summed E-state index contributed by atoms with van der Waals surface area (Å²) < 4.78 is 7.42. The van der Waals surface area contributed by atoms with Crippen LogP contribution in [0.3, 0.4) is 0 Å². The topological polar surface area (TPSA) is 43.6 Å². The van der Waals surface area contributed by atoms with Crippen LogP contribution < -0.4 is 4.74 Å². The van der Waals surface area contributed by atoms with Gasteiger partial charge in [0, 0.05) is 17.1 Å². The molecule has 0 saturated carbocycles. The average molecular weight is 286 g/mol. The maximum absolute atomic E-state index is 11.3. The van der Waals surface area contributed by atoms with E-state index in [2.05, 4.69) is 4.98 Å². The molecule has 3 rings (SSSR count). The van der Waals surface area contributed by atoms with Crippen molar-refractivity contribution in [3.63, 3.8) is 0 Å². The van der Waals surface area contributed by atoms with Gasteiger partial charge in [-0.15, -0.1) is 11.3 Å². The molecular formula is C15H14N2O2S. The van der Waals surface area contributed by atoms with E-state index in [0.717, 1.165) is 22.6 Å². The fourth-order valence-corrected chi connectivity index (χ4v) is 2.81. The van der Waals surface area contributed by atoms with Crippen LogP contribution in [0.2, 0.25) is 0 Å². The van der Waals surface area contributed by atoms with Crippen LogP contribution in [0.4, 0.5) is 0 Å². The number of aromatic nitrogens is 2. The number of carbonyl (C=O) groups excluding carboxylic acids is 1. The zero-order valence-corrected chi connectivity index (χ0v) is 12.1. The van der Waals surface area contributed by atoms with E-state index in [1.165, 1.54) is 11.3 Å². The molecule has 1 aromatic carbocycles. The summed E-state index contributed by atoms with van der Waals surface area (Å²) in [6, 6.07) is 7.66. The van der Waals surface area contributed by atoms with Crippen molar-refractivity contribution in [3.05, 3.63) is 41.5 Å². The van der Waals surface area contributed by atoms with Gasteiger partial charge in [-0.2, -0.15) is 0 Å². The SMILES string of the molecule is CC(C)Oc1ccc(-c2nc3sccn3c2C=O)cc1. The Hall–Kier alpha value is -2.14. The fourth-order valence-electron chi connectivity index (χ4n) is 2.09. The van der Waals surface area contributed by atoms with Crippen LogP contribution in [-0.2, 0) is 0 Å². The van der Waals surface area contributed by atoms with Gasteiger partial charge in [-0.25, -0.2) is 4.98 Å². The molecule has 0 aliphatic carbocycles. The normalized spacial score (nSPS) is 11.2. The van der Waals surface area contributed by atoms with E-state index in [4.69, 9.17) is 4.74 Å². The predicted molar refractivity (Wildman–Crippen MR) is 79.7 cm³/mol. The summed E-state index contributed by atoms with van der Waals surface area (Å²) in [4.78, 5) is 16.6. The summed E-state index contributed by atoms with van der Waals surface area (Å²) in [5.74, 6) is 0.817. The minimum atomic E-state index is 0.143. The molecular weight excluding hydrogens is 272 g/mol. The van der Waals surface area contributed by atoms with Crippen LogP contribution in [-0.4, -0.2) is 21.8 Å². The molecule has 0 unspecified atom stereocenters. The first kappa shape index (κ1) is 12.9. The number of benzene rings is 1. The highest BCUT2D eigenvalue weighted by atomic mass is 32.1. The molecule has 0 fully saturated rings. The van der Waals surface area contributed by atoms with E-state index in [1.54, 1.807) is 0 Å². The summed E-state index contributed by atoms with van der Waals surface area (Å²) in [7, 11) is 0. The molecule has 0 atom stereocenters. The van der Waals surface area contributed by atoms with Crippen molar-refractivity contribution in [3.8, 4) is 17.0 Å². The quantitative estimate of drug-likeness (QED) is 0.687. The molecule has 0 bridgehead atoms. The van der Waals surface area contributed by atoms with Crippen molar-refractivity contribution >= 4 is 22.6 Å². The molecule has 0 N–H and O–H groups in total. The Balaban J connectivity index is 2.02. The Morgan fingerprint density at radius 2 is 2.05 bits per heavy atom. The molecule has 0 aliphatic heterocycles. The van der Waals surface area contributed by atoms with Crippen molar-refractivity contribution in [2.45, 2.75) is 20.0 Å². The van der Waals surface area contributed by atoms with Gasteiger partial charge in [-0.3, -0.25) is 9.20 Å². The first-order chi connectivity index (χ1) is 9.69. The summed E-state index contributed by atoms with van der Waals surface area (Å²) in [5, 5.41) is 1.92. The largest absolute Gasteiger partial charge is 0.491 e. The molecule has 102 valence electrons. The Kier molecular flexibility index (Phi) is 3.28. The van der Waals surface area contributed by atoms with Crippen molar-refractivity contribution in [1.29, 1.82) is 0 Å². The summed E-state index contributed by atoms with van der Waals surface area (Å²) in [5.41, 5.74) is 2.21. The molecule has 0 amide bonds. The molecule has 20 heavy (non-hydrogen) atoms. The molecule has 2 heterocycles. The third kappa shape index (κ3) is 2.20. The monoisotopic (exact) mass is 286 g/mol. The third-order valence-electron chi connectivity index (χ3n) is 2.91. The van der Waals surface area contributed by atoms with Crippen molar-refractivity contribution in [2.24, 2.45) is 0 Å². The van der Waals surface area contributed by atoms with Crippen LogP contribution in [0.15, 0.2) is 35.8 Å². The van der Waals surface area contributed by atoms with Gasteiger partial charge >= 0.3 is 0 Å². The highest BCUT2D eigenvalue weighted by molar-refractivity contribution is 7.15. The highest BCUT2D eigenvalue weighted by Gasteiger charge is 2.14. The number of ether oxygens (including phenoxy) is 1. The van der Waals surface area contributed by atoms with E-state index < -0.39 is 0 Å². The first-order valence-corrected chi connectivity index (χ1v) is 7.25. The smallest absolute Gasteiger partial charge is 0.194 e. The van der Waals surface area contributed by atoms with Gasteiger partial charge in [0.05, 0.1) is 6.10 Å². The highest BCUT2D eigenvalue weighted by Crippen LogP contribution is 2.27. The Morgan fingerprint density at radius 3 is 2.70 bits per heavy atom. The van der Waals surface area contributed by atoms with Crippen LogP contribution in [0.5, 0.6) is 5.75 Å². The van der Waals surface area contributed by atoms with E-state index in [1.807, 2.05) is 54.1 Å². The number of thiazole rings is 1. The molecule has 0 saturated heterocycles.